The van der Waals surface area contributed by atoms with Crippen molar-refractivity contribution in [2.75, 3.05) is 0 Å². The zero-order chi connectivity index (χ0) is 12.6. The Hall–Kier alpha value is -0.730. The molecule has 1 nitrogen and oxygen atoms in total. The first kappa shape index (κ1) is 14.3. The molecule has 1 aromatic carbocycles. The predicted molar refractivity (Wildman–Crippen MR) is 76.2 cm³/mol. The summed E-state index contributed by atoms with van der Waals surface area (Å²) in [6.07, 6.45) is 5.78. The van der Waals surface area contributed by atoms with Gasteiger partial charge in [0.25, 0.3) is 0 Å². The lowest BCUT2D eigenvalue weighted by Gasteiger charge is -2.22. The smallest absolute Gasteiger partial charge is 0.0833 e. The summed E-state index contributed by atoms with van der Waals surface area (Å²) in [7, 11) is 0. The number of rotatable bonds is 7. The fraction of sp³-hybridized carbons (Fsp3) is 0.467. The third kappa shape index (κ3) is 5.42. The number of unbranched alkanes of at least 4 members (excludes halogenated alkanes) is 1. The van der Waals surface area contributed by atoms with Gasteiger partial charge in [-0.2, -0.15) is 0 Å². The second-order valence-electron chi connectivity index (χ2n) is 4.29. The molecule has 0 aliphatic heterocycles. The van der Waals surface area contributed by atoms with Crippen molar-refractivity contribution >= 4 is 11.8 Å². The lowest BCUT2D eigenvalue weighted by Crippen LogP contribution is -2.24. The fourth-order valence-corrected chi connectivity index (χ4v) is 2.39. The molecule has 0 spiro atoms. The van der Waals surface area contributed by atoms with E-state index >= 15 is 0 Å². The monoisotopic (exact) mass is 250 g/mol. The maximum absolute atomic E-state index is 10.3. The van der Waals surface area contributed by atoms with Gasteiger partial charge < -0.3 is 5.11 Å². The molecular formula is C15H22OS. The van der Waals surface area contributed by atoms with Gasteiger partial charge in [-0.1, -0.05) is 56.7 Å². The van der Waals surface area contributed by atoms with Crippen LogP contribution in [-0.2, 0) is 0 Å². The molecule has 1 N–H and O–H groups in total. The molecule has 1 unspecified atom stereocenters. The standard InChI is InChI=1S/C15H22OS/c1-3-5-11-15(16,4-2)12-13-17-14-9-7-6-8-10-14/h6-10,12-13,16H,3-5,11H2,1-2H3/b13-12+. The van der Waals surface area contributed by atoms with Crippen molar-refractivity contribution in [2.45, 2.75) is 50.0 Å². The van der Waals surface area contributed by atoms with E-state index in [1.165, 1.54) is 4.90 Å². The Morgan fingerprint density at radius 1 is 1.24 bits per heavy atom. The van der Waals surface area contributed by atoms with Crippen molar-refractivity contribution in [3.05, 3.63) is 41.8 Å². The van der Waals surface area contributed by atoms with Crippen LogP contribution in [0.25, 0.3) is 0 Å². The molecule has 1 aromatic rings. The lowest BCUT2D eigenvalue weighted by molar-refractivity contribution is 0.0752. The Bertz CT molecular complexity index is 334. The molecule has 0 amide bonds. The van der Waals surface area contributed by atoms with E-state index in [0.29, 0.717) is 0 Å². The summed E-state index contributed by atoms with van der Waals surface area (Å²) in [5.41, 5.74) is -0.627. The van der Waals surface area contributed by atoms with Crippen LogP contribution in [0, 0.1) is 0 Å². The van der Waals surface area contributed by atoms with Crippen molar-refractivity contribution in [3.63, 3.8) is 0 Å². The molecule has 0 aliphatic carbocycles. The van der Waals surface area contributed by atoms with Gasteiger partial charge in [-0.05, 0) is 36.5 Å². The zero-order valence-corrected chi connectivity index (χ0v) is 11.5. The third-order valence-corrected chi connectivity index (χ3v) is 3.72. The van der Waals surface area contributed by atoms with Gasteiger partial charge in [0.1, 0.15) is 0 Å². The van der Waals surface area contributed by atoms with Crippen LogP contribution in [-0.4, -0.2) is 10.7 Å². The lowest BCUT2D eigenvalue weighted by atomic mass is 9.94. The quantitative estimate of drug-likeness (QED) is 0.712. The minimum atomic E-state index is -0.627. The van der Waals surface area contributed by atoms with Crippen molar-refractivity contribution in [1.29, 1.82) is 0 Å². The highest BCUT2D eigenvalue weighted by Crippen LogP contribution is 2.24. The minimum Gasteiger partial charge on any atom is -0.386 e. The van der Waals surface area contributed by atoms with Gasteiger partial charge in [0.2, 0.25) is 0 Å². The Morgan fingerprint density at radius 3 is 2.53 bits per heavy atom. The van der Waals surface area contributed by atoms with Crippen molar-refractivity contribution in [2.24, 2.45) is 0 Å². The summed E-state index contributed by atoms with van der Waals surface area (Å²) in [4.78, 5) is 1.21. The number of aliphatic hydroxyl groups is 1. The van der Waals surface area contributed by atoms with Gasteiger partial charge in [0.15, 0.2) is 0 Å². The van der Waals surface area contributed by atoms with E-state index in [2.05, 4.69) is 19.1 Å². The van der Waals surface area contributed by atoms with Gasteiger partial charge in [-0.15, -0.1) is 0 Å². The van der Waals surface area contributed by atoms with E-state index in [1.54, 1.807) is 11.8 Å². The second-order valence-corrected chi connectivity index (χ2v) is 5.27. The Balaban J connectivity index is 2.50. The number of hydrogen-bond acceptors (Lipinski definition) is 2. The van der Waals surface area contributed by atoms with Gasteiger partial charge in [-0.25, -0.2) is 0 Å². The summed E-state index contributed by atoms with van der Waals surface area (Å²) in [5.74, 6) is 0. The fourth-order valence-electron chi connectivity index (χ4n) is 1.60. The largest absolute Gasteiger partial charge is 0.386 e. The molecule has 94 valence electrons. The highest BCUT2D eigenvalue weighted by molar-refractivity contribution is 8.02. The van der Waals surface area contributed by atoms with Crippen LogP contribution in [0.3, 0.4) is 0 Å². The highest BCUT2D eigenvalue weighted by atomic mass is 32.2. The first-order chi connectivity index (χ1) is 8.20. The first-order valence-corrected chi connectivity index (χ1v) is 7.20. The van der Waals surface area contributed by atoms with E-state index < -0.39 is 5.60 Å². The molecule has 0 saturated heterocycles. The highest BCUT2D eigenvalue weighted by Gasteiger charge is 2.19. The molecule has 0 bridgehead atoms. The normalized spacial score (nSPS) is 15.0. The molecule has 1 rings (SSSR count). The first-order valence-electron chi connectivity index (χ1n) is 6.32. The van der Waals surface area contributed by atoms with Gasteiger partial charge in [0.05, 0.1) is 5.60 Å². The Kier molecular flexibility index (Phi) is 6.38. The molecule has 0 saturated carbocycles. The summed E-state index contributed by atoms with van der Waals surface area (Å²) >= 11 is 1.66. The number of thioether (sulfide) groups is 1. The predicted octanol–water partition coefficient (Wildman–Crippen LogP) is 4.62. The van der Waals surface area contributed by atoms with Crippen molar-refractivity contribution in [1.82, 2.24) is 0 Å². The maximum atomic E-state index is 10.3. The van der Waals surface area contributed by atoms with Gasteiger partial charge in [-0.3, -0.25) is 0 Å². The molecule has 0 radical (unpaired) electrons. The topological polar surface area (TPSA) is 20.2 Å². The summed E-state index contributed by atoms with van der Waals surface area (Å²) in [6, 6.07) is 10.2. The Labute approximate surface area is 109 Å². The Morgan fingerprint density at radius 2 is 1.94 bits per heavy atom. The van der Waals surface area contributed by atoms with E-state index in [0.717, 1.165) is 25.7 Å². The average Bonchev–Trinajstić information content (AvgIpc) is 2.38. The van der Waals surface area contributed by atoms with Crippen LogP contribution in [0.1, 0.15) is 39.5 Å². The molecule has 17 heavy (non-hydrogen) atoms. The molecule has 0 fully saturated rings. The molecular weight excluding hydrogens is 228 g/mol. The maximum Gasteiger partial charge on any atom is 0.0833 e. The SMILES string of the molecule is CCCCC(O)(/C=C/Sc1ccccc1)CC. The van der Waals surface area contributed by atoms with Crippen LogP contribution in [0.5, 0.6) is 0 Å². The van der Waals surface area contributed by atoms with Gasteiger partial charge >= 0.3 is 0 Å². The second kappa shape index (κ2) is 7.57. The van der Waals surface area contributed by atoms with Crippen LogP contribution in [0.15, 0.2) is 46.7 Å². The van der Waals surface area contributed by atoms with Gasteiger partial charge in [0, 0.05) is 4.90 Å². The molecule has 2 heteroatoms. The van der Waals surface area contributed by atoms with E-state index in [4.69, 9.17) is 0 Å². The van der Waals surface area contributed by atoms with E-state index in [9.17, 15) is 5.11 Å². The van der Waals surface area contributed by atoms with Crippen LogP contribution in [0.4, 0.5) is 0 Å². The zero-order valence-electron chi connectivity index (χ0n) is 10.7. The van der Waals surface area contributed by atoms with Crippen LogP contribution < -0.4 is 0 Å². The number of benzene rings is 1. The third-order valence-electron chi connectivity index (χ3n) is 2.90. The van der Waals surface area contributed by atoms with Crippen LogP contribution in [0.2, 0.25) is 0 Å². The summed E-state index contributed by atoms with van der Waals surface area (Å²) < 4.78 is 0. The van der Waals surface area contributed by atoms with E-state index in [-0.39, 0.29) is 0 Å². The van der Waals surface area contributed by atoms with Crippen molar-refractivity contribution < 1.29 is 5.11 Å². The average molecular weight is 250 g/mol. The summed E-state index contributed by atoms with van der Waals surface area (Å²) in [5, 5.41) is 12.3. The molecule has 0 aliphatic rings. The molecule has 1 atom stereocenters. The molecule has 0 aromatic heterocycles. The minimum absolute atomic E-state index is 0.627. The van der Waals surface area contributed by atoms with Crippen molar-refractivity contribution in [3.8, 4) is 0 Å². The summed E-state index contributed by atoms with van der Waals surface area (Å²) in [6.45, 7) is 4.19. The number of hydrogen-bond donors (Lipinski definition) is 1. The molecule has 0 heterocycles. The van der Waals surface area contributed by atoms with E-state index in [1.807, 2.05) is 36.6 Å². The van der Waals surface area contributed by atoms with Crippen LogP contribution >= 0.6 is 11.8 Å².